The highest BCUT2D eigenvalue weighted by Crippen LogP contribution is 2.08. The van der Waals surface area contributed by atoms with Crippen LogP contribution in [0.25, 0.3) is 0 Å². The van der Waals surface area contributed by atoms with Gasteiger partial charge < -0.3 is 10.3 Å². The fraction of sp³-hybridized carbons (Fsp3) is 1.00. The van der Waals surface area contributed by atoms with Gasteiger partial charge in [-0.25, -0.2) is 5.48 Å². The molecule has 56 valence electrons. The second-order valence-corrected chi connectivity index (χ2v) is 2.82. The third kappa shape index (κ3) is 7.88. The third-order valence-corrected chi connectivity index (χ3v) is 1.08. The SMILES string of the molecule is CC(C)(O)CCCNO. The van der Waals surface area contributed by atoms with Crippen molar-refractivity contribution < 1.29 is 10.3 Å². The minimum atomic E-state index is -0.600. The molecule has 0 unspecified atom stereocenters. The van der Waals surface area contributed by atoms with E-state index in [0.717, 1.165) is 6.42 Å². The Balaban J connectivity index is 3.07. The zero-order valence-electron chi connectivity index (χ0n) is 6.02. The van der Waals surface area contributed by atoms with Crippen molar-refractivity contribution >= 4 is 0 Å². The first-order valence-corrected chi connectivity index (χ1v) is 3.15. The smallest absolute Gasteiger partial charge is 0.0592 e. The van der Waals surface area contributed by atoms with Crippen molar-refractivity contribution in [3.63, 3.8) is 0 Å². The summed E-state index contributed by atoms with van der Waals surface area (Å²) >= 11 is 0. The monoisotopic (exact) mass is 133 g/mol. The second-order valence-electron chi connectivity index (χ2n) is 2.82. The number of aliphatic hydroxyl groups is 1. The average Bonchev–Trinajstić information content (AvgIpc) is 1.63. The predicted octanol–water partition coefficient (Wildman–Crippen LogP) is 0.516. The Morgan fingerprint density at radius 1 is 1.44 bits per heavy atom. The minimum Gasteiger partial charge on any atom is -0.390 e. The molecule has 0 rings (SSSR count). The molecule has 3 nitrogen and oxygen atoms in total. The van der Waals surface area contributed by atoms with E-state index < -0.39 is 5.60 Å². The van der Waals surface area contributed by atoms with Crippen LogP contribution in [0.2, 0.25) is 0 Å². The van der Waals surface area contributed by atoms with Crippen LogP contribution in [-0.2, 0) is 0 Å². The molecule has 0 heterocycles. The summed E-state index contributed by atoms with van der Waals surface area (Å²) in [5.41, 5.74) is 1.43. The van der Waals surface area contributed by atoms with Crippen molar-refractivity contribution in [1.29, 1.82) is 0 Å². The molecule has 0 atom stereocenters. The quantitative estimate of drug-likeness (QED) is 0.387. The van der Waals surface area contributed by atoms with Gasteiger partial charge in [-0.2, -0.15) is 0 Å². The van der Waals surface area contributed by atoms with Crippen molar-refractivity contribution in [3.05, 3.63) is 0 Å². The number of nitrogens with one attached hydrogen (secondary N) is 1. The van der Waals surface area contributed by atoms with E-state index in [-0.39, 0.29) is 0 Å². The predicted molar refractivity (Wildman–Crippen MR) is 35.3 cm³/mol. The summed E-state index contributed by atoms with van der Waals surface area (Å²) in [6, 6.07) is 0. The Morgan fingerprint density at radius 3 is 2.33 bits per heavy atom. The summed E-state index contributed by atoms with van der Waals surface area (Å²) in [7, 11) is 0. The first-order valence-electron chi connectivity index (χ1n) is 3.15. The van der Waals surface area contributed by atoms with Gasteiger partial charge in [-0.15, -0.1) is 0 Å². The Morgan fingerprint density at radius 2 is 2.00 bits per heavy atom. The Hall–Kier alpha value is -0.120. The standard InChI is InChI=1S/C6H15NO2/c1-6(2,8)4-3-5-7-9/h7-9H,3-5H2,1-2H3. The van der Waals surface area contributed by atoms with E-state index in [1.807, 2.05) is 5.48 Å². The van der Waals surface area contributed by atoms with Gasteiger partial charge in [0.25, 0.3) is 0 Å². The Bertz CT molecular complexity index is 67.9. The van der Waals surface area contributed by atoms with E-state index in [1.165, 1.54) is 0 Å². The van der Waals surface area contributed by atoms with E-state index in [4.69, 9.17) is 10.3 Å². The first-order chi connectivity index (χ1) is 4.06. The molecule has 0 aliphatic heterocycles. The van der Waals surface area contributed by atoms with E-state index in [0.29, 0.717) is 13.0 Å². The molecular weight excluding hydrogens is 118 g/mol. The molecule has 3 heteroatoms. The molecule has 0 aromatic carbocycles. The van der Waals surface area contributed by atoms with Crippen LogP contribution < -0.4 is 5.48 Å². The number of rotatable bonds is 4. The van der Waals surface area contributed by atoms with Gasteiger partial charge in [-0.1, -0.05) is 0 Å². The van der Waals surface area contributed by atoms with Gasteiger partial charge in [-0.3, -0.25) is 0 Å². The van der Waals surface area contributed by atoms with Crippen LogP contribution in [0.15, 0.2) is 0 Å². The molecule has 0 radical (unpaired) electrons. The van der Waals surface area contributed by atoms with Crippen LogP contribution in [0, 0.1) is 0 Å². The van der Waals surface area contributed by atoms with Gasteiger partial charge in [0.2, 0.25) is 0 Å². The summed E-state index contributed by atoms with van der Waals surface area (Å²) in [5.74, 6) is 0. The van der Waals surface area contributed by atoms with Gasteiger partial charge in [0.05, 0.1) is 5.60 Å². The van der Waals surface area contributed by atoms with Crippen molar-refractivity contribution in [2.75, 3.05) is 6.54 Å². The largest absolute Gasteiger partial charge is 0.390 e. The van der Waals surface area contributed by atoms with Crippen molar-refractivity contribution in [1.82, 2.24) is 5.48 Å². The third-order valence-electron chi connectivity index (χ3n) is 1.08. The van der Waals surface area contributed by atoms with Crippen molar-refractivity contribution in [2.45, 2.75) is 32.3 Å². The van der Waals surface area contributed by atoms with E-state index in [1.54, 1.807) is 13.8 Å². The van der Waals surface area contributed by atoms with Crippen molar-refractivity contribution in [3.8, 4) is 0 Å². The number of hydrogen-bond donors (Lipinski definition) is 3. The summed E-state index contributed by atoms with van der Waals surface area (Å²) in [4.78, 5) is 0. The molecule has 3 N–H and O–H groups in total. The molecular formula is C6H15NO2. The zero-order chi connectivity index (χ0) is 7.33. The molecule has 0 bridgehead atoms. The highest BCUT2D eigenvalue weighted by molar-refractivity contribution is 4.64. The zero-order valence-corrected chi connectivity index (χ0v) is 6.02. The normalized spacial score (nSPS) is 12.0. The first kappa shape index (κ1) is 8.88. The Labute approximate surface area is 55.7 Å². The number of hydroxylamine groups is 1. The molecule has 0 saturated carbocycles. The van der Waals surface area contributed by atoms with Crippen LogP contribution >= 0.6 is 0 Å². The molecule has 0 amide bonds. The molecule has 0 aromatic heterocycles. The average molecular weight is 133 g/mol. The molecule has 0 spiro atoms. The lowest BCUT2D eigenvalue weighted by molar-refractivity contribution is 0.0639. The maximum atomic E-state index is 9.13. The van der Waals surface area contributed by atoms with Gasteiger partial charge in [-0.05, 0) is 26.7 Å². The van der Waals surface area contributed by atoms with Crippen LogP contribution in [0.5, 0.6) is 0 Å². The lowest BCUT2D eigenvalue weighted by Gasteiger charge is -2.15. The highest BCUT2D eigenvalue weighted by atomic mass is 16.5. The maximum Gasteiger partial charge on any atom is 0.0592 e. The minimum absolute atomic E-state index is 0.546. The number of hydrogen-bond acceptors (Lipinski definition) is 3. The summed E-state index contributed by atoms with van der Waals surface area (Å²) in [6.45, 7) is 4.05. The summed E-state index contributed by atoms with van der Waals surface area (Å²) in [6.07, 6.45) is 1.50. The fourth-order valence-corrected chi connectivity index (χ4v) is 0.600. The molecule has 0 aromatic rings. The van der Waals surface area contributed by atoms with E-state index in [2.05, 4.69) is 0 Å². The van der Waals surface area contributed by atoms with Gasteiger partial charge in [0.1, 0.15) is 0 Å². The fourth-order valence-electron chi connectivity index (χ4n) is 0.600. The molecule has 0 aliphatic carbocycles. The van der Waals surface area contributed by atoms with Crippen LogP contribution in [0.1, 0.15) is 26.7 Å². The summed E-state index contributed by atoms with van der Waals surface area (Å²) < 4.78 is 0. The second kappa shape index (κ2) is 3.82. The molecule has 0 aliphatic rings. The molecule has 0 fully saturated rings. The van der Waals surface area contributed by atoms with Crippen LogP contribution in [0.4, 0.5) is 0 Å². The molecule has 9 heavy (non-hydrogen) atoms. The maximum absolute atomic E-state index is 9.13. The lowest BCUT2D eigenvalue weighted by atomic mass is 10.0. The Kier molecular flexibility index (Phi) is 3.77. The van der Waals surface area contributed by atoms with Gasteiger partial charge in [0.15, 0.2) is 0 Å². The molecule has 0 saturated heterocycles. The highest BCUT2D eigenvalue weighted by Gasteiger charge is 2.10. The van der Waals surface area contributed by atoms with E-state index in [9.17, 15) is 0 Å². The van der Waals surface area contributed by atoms with E-state index >= 15 is 0 Å². The topological polar surface area (TPSA) is 52.5 Å². The van der Waals surface area contributed by atoms with Gasteiger partial charge >= 0.3 is 0 Å². The van der Waals surface area contributed by atoms with Crippen LogP contribution in [-0.4, -0.2) is 22.5 Å². The summed E-state index contributed by atoms with van der Waals surface area (Å²) in [5, 5.41) is 17.3. The van der Waals surface area contributed by atoms with Crippen LogP contribution in [0.3, 0.4) is 0 Å². The lowest BCUT2D eigenvalue weighted by Crippen LogP contribution is -2.20. The van der Waals surface area contributed by atoms with Gasteiger partial charge in [0, 0.05) is 6.54 Å². The van der Waals surface area contributed by atoms with Crippen molar-refractivity contribution in [2.24, 2.45) is 0 Å².